The van der Waals surface area contributed by atoms with Crippen molar-refractivity contribution in [1.29, 1.82) is 0 Å². The van der Waals surface area contributed by atoms with Crippen LogP contribution in [0, 0.1) is 0 Å². The molecule has 0 saturated carbocycles. The third kappa shape index (κ3) is 4.57. The van der Waals surface area contributed by atoms with E-state index in [-0.39, 0.29) is 11.7 Å². The van der Waals surface area contributed by atoms with Crippen LogP contribution in [-0.2, 0) is 12.8 Å². The monoisotopic (exact) mass is 640 g/mol. The van der Waals surface area contributed by atoms with Gasteiger partial charge in [0, 0.05) is 17.0 Å². The van der Waals surface area contributed by atoms with Gasteiger partial charge in [-0.05, 0) is 121 Å². The van der Waals surface area contributed by atoms with E-state index in [0.29, 0.717) is 0 Å². The maximum atomic E-state index is 14.0. The number of benzene rings is 7. The molecule has 7 aromatic carbocycles. The van der Waals surface area contributed by atoms with Gasteiger partial charge in [0.15, 0.2) is 5.78 Å². The summed E-state index contributed by atoms with van der Waals surface area (Å²) in [5.74, 6) is 0.363. The van der Waals surface area contributed by atoms with E-state index in [9.17, 15) is 4.79 Å². The fraction of sp³-hybridized carbons (Fsp3) is 0.122. The van der Waals surface area contributed by atoms with Crippen molar-refractivity contribution < 1.29 is 4.79 Å². The molecule has 1 atom stereocenters. The molecular formula is C49H36O. The summed E-state index contributed by atoms with van der Waals surface area (Å²) in [5.41, 5.74) is 15.9. The SMILES string of the molecule is O=C1c2ccccc2-c2cc3c(cc21)C(/C1=C\Cc2c(ccc4ccccc24)/C(c2ccccc2)=C\CC1)CCc1ccc2ccccc2c1-3. The molecule has 3 aliphatic carbocycles. The van der Waals surface area contributed by atoms with E-state index in [2.05, 4.69) is 140 Å². The Bertz CT molecular complexity index is 2580. The molecule has 0 aromatic heterocycles. The van der Waals surface area contributed by atoms with Gasteiger partial charge in [-0.25, -0.2) is 0 Å². The summed E-state index contributed by atoms with van der Waals surface area (Å²) in [6.07, 6.45) is 9.85. The predicted molar refractivity (Wildman–Crippen MR) is 208 cm³/mol. The standard InChI is InChI=1S/C49H36O/c50-49-43-19-9-8-18-40(43)45-29-46-44(30-47(45)49)38(26-25-35-22-21-34-14-5-7-17-39(34)48(35)46)33-15-10-20-37(31-11-2-1-3-12-31)42-27-23-32-13-4-6-16-36(32)41(42)28-24-33/h1-9,11-14,16-24,27,29-30,38H,10,15,25-26,28H2/b33-24-,37-20-. The van der Waals surface area contributed by atoms with Crippen molar-refractivity contribution in [2.45, 2.75) is 38.0 Å². The van der Waals surface area contributed by atoms with Gasteiger partial charge in [-0.3, -0.25) is 4.79 Å². The Labute approximate surface area is 293 Å². The molecule has 1 heteroatoms. The van der Waals surface area contributed by atoms with Gasteiger partial charge >= 0.3 is 0 Å². The van der Waals surface area contributed by atoms with Gasteiger partial charge < -0.3 is 0 Å². The zero-order valence-electron chi connectivity index (χ0n) is 28.0. The molecule has 3 aliphatic rings. The number of rotatable bonds is 2. The van der Waals surface area contributed by atoms with E-state index < -0.39 is 0 Å². The zero-order valence-corrected chi connectivity index (χ0v) is 28.0. The van der Waals surface area contributed by atoms with Crippen molar-refractivity contribution in [2.24, 2.45) is 0 Å². The molecule has 0 N–H and O–H groups in total. The fourth-order valence-corrected chi connectivity index (χ4v) is 9.12. The summed E-state index contributed by atoms with van der Waals surface area (Å²) in [6.45, 7) is 0. The van der Waals surface area contributed by atoms with Crippen LogP contribution >= 0.6 is 0 Å². The summed E-state index contributed by atoms with van der Waals surface area (Å²) in [4.78, 5) is 14.0. The van der Waals surface area contributed by atoms with Crippen molar-refractivity contribution >= 4 is 32.9 Å². The van der Waals surface area contributed by atoms with Gasteiger partial charge in [0.2, 0.25) is 0 Å². The Morgan fingerprint density at radius 3 is 2.10 bits per heavy atom. The van der Waals surface area contributed by atoms with Gasteiger partial charge in [-0.1, -0.05) is 145 Å². The highest BCUT2D eigenvalue weighted by Gasteiger charge is 2.33. The lowest BCUT2D eigenvalue weighted by Gasteiger charge is -2.23. The first-order chi connectivity index (χ1) is 24.7. The van der Waals surface area contributed by atoms with Crippen LogP contribution < -0.4 is 0 Å². The molecule has 0 aliphatic heterocycles. The highest BCUT2D eigenvalue weighted by atomic mass is 16.1. The first-order valence-corrected chi connectivity index (χ1v) is 18.0. The first-order valence-electron chi connectivity index (χ1n) is 18.0. The van der Waals surface area contributed by atoms with Crippen molar-refractivity contribution in [3.8, 4) is 22.3 Å². The summed E-state index contributed by atoms with van der Waals surface area (Å²) < 4.78 is 0. The number of hydrogen-bond acceptors (Lipinski definition) is 1. The lowest BCUT2D eigenvalue weighted by molar-refractivity contribution is 0.104. The zero-order chi connectivity index (χ0) is 33.2. The summed E-state index contributed by atoms with van der Waals surface area (Å²) >= 11 is 0. The molecule has 1 nitrogen and oxygen atoms in total. The molecular weight excluding hydrogens is 605 g/mol. The minimum Gasteiger partial charge on any atom is -0.289 e. The average Bonchev–Trinajstić information content (AvgIpc) is 3.39. The number of carbonyl (C=O) groups is 1. The van der Waals surface area contributed by atoms with E-state index in [1.807, 2.05) is 12.1 Å². The molecule has 0 bridgehead atoms. The Morgan fingerprint density at radius 1 is 0.520 bits per heavy atom. The quantitative estimate of drug-likeness (QED) is 0.172. The summed E-state index contributed by atoms with van der Waals surface area (Å²) in [6, 6.07) is 50.6. The van der Waals surface area contributed by atoms with Gasteiger partial charge in [-0.2, -0.15) is 0 Å². The second kappa shape index (κ2) is 11.7. The summed E-state index contributed by atoms with van der Waals surface area (Å²) in [7, 11) is 0. The normalized spacial score (nSPS) is 18.6. The molecule has 0 radical (unpaired) electrons. The van der Waals surface area contributed by atoms with E-state index in [1.165, 1.54) is 71.6 Å². The number of carbonyl (C=O) groups excluding carboxylic acids is 1. The van der Waals surface area contributed by atoms with Gasteiger partial charge in [0.25, 0.3) is 0 Å². The van der Waals surface area contributed by atoms with E-state index >= 15 is 0 Å². The number of aryl methyl sites for hydroxylation is 1. The van der Waals surface area contributed by atoms with Crippen LogP contribution in [0.2, 0.25) is 0 Å². The Morgan fingerprint density at radius 2 is 1.24 bits per heavy atom. The molecule has 0 heterocycles. The lowest BCUT2D eigenvalue weighted by Crippen LogP contribution is -2.07. The van der Waals surface area contributed by atoms with Gasteiger partial charge in [0.05, 0.1) is 0 Å². The minimum atomic E-state index is 0.152. The Kier molecular flexibility index (Phi) is 6.81. The van der Waals surface area contributed by atoms with Crippen LogP contribution in [0.1, 0.15) is 68.9 Å². The van der Waals surface area contributed by atoms with Crippen LogP contribution in [0.3, 0.4) is 0 Å². The number of allylic oxidation sites excluding steroid dienone is 3. The van der Waals surface area contributed by atoms with Crippen LogP contribution in [0.5, 0.6) is 0 Å². The third-order valence-corrected chi connectivity index (χ3v) is 11.5. The Hall–Kier alpha value is -5.79. The van der Waals surface area contributed by atoms with Crippen molar-refractivity contribution in [3.63, 3.8) is 0 Å². The smallest absolute Gasteiger partial charge is 0.194 e. The van der Waals surface area contributed by atoms with E-state index in [1.54, 1.807) is 0 Å². The second-order valence-corrected chi connectivity index (χ2v) is 14.1. The highest BCUT2D eigenvalue weighted by Crippen LogP contribution is 2.50. The van der Waals surface area contributed by atoms with Gasteiger partial charge in [0.1, 0.15) is 0 Å². The van der Waals surface area contributed by atoms with Crippen molar-refractivity contribution in [3.05, 3.63) is 196 Å². The molecule has 1 unspecified atom stereocenters. The number of hydrogen-bond donors (Lipinski definition) is 0. The number of fused-ring (bicyclic) bond motifs is 11. The fourth-order valence-electron chi connectivity index (χ4n) is 9.12. The van der Waals surface area contributed by atoms with Crippen LogP contribution in [0.25, 0.3) is 49.4 Å². The predicted octanol–water partition coefficient (Wildman–Crippen LogP) is 12.3. The second-order valence-electron chi connectivity index (χ2n) is 14.1. The van der Waals surface area contributed by atoms with Crippen LogP contribution in [0.15, 0.2) is 157 Å². The maximum absolute atomic E-state index is 14.0. The lowest BCUT2D eigenvalue weighted by atomic mass is 9.81. The summed E-state index contributed by atoms with van der Waals surface area (Å²) in [5, 5.41) is 5.16. The molecule has 0 fully saturated rings. The Balaban J connectivity index is 1.18. The number of ketones is 1. The molecule has 238 valence electrons. The van der Waals surface area contributed by atoms with Crippen molar-refractivity contribution in [1.82, 2.24) is 0 Å². The van der Waals surface area contributed by atoms with Crippen LogP contribution in [0.4, 0.5) is 0 Å². The molecule has 0 saturated heterocycles. The third-order valence-electron chi connectivity index (χ3n) is 11.5. The maximum Gasteiger partial charge on any atom is 0.194 e. The first kappa shape index (κ1) is 29.2. The van der Waals surface area contributed by atoms with Crippen LogP contribution in [-0.4, -0.2) is 5.78 Å². The minimum absolute atomic E-state index is 0.152. The largest absolute Gasteiger partial charge is 0.289 e. The van der Waals surface area contributed by atoms with Crippen molar-refractivity contribution in [2.75, 3.05) is 0 Å². The molecule has 0 spiro atoms. The van der Waals surface area contributed by atoms with E-state index in [4.69, 9.17) is 0 Å². The van der Waals surface area contributed by atoms with E-state index in [0.717, 1.165) is 54.4 Å². The molecule has 50 heavy (non-hydrogen) atoms. The molecule has 7 aromatic rings. The topological polar surface area (TPSA) is 17.1 Å². The highest BCUT2D eigenvalue weighted by molar-refractivity contribution is 6.22. The van der Waals surface area contributed by atoms with Gasteiger partial charge in [-0.15, -0.1) is 0 Å². The molecule has 0 amide bonds. The molecule has 10 rings (SSSR count). The average molecular weight is 641 g/mol.